The van der Waals surface area contributed by atoms with Gasteiger partial charge in [0, 0.05) is 23.0 Å². The van der Waals surface area contributed by atoms with Gasteiger partial charge in [-0.1, -0.05) is 0 Å². The van der Waals surface area contributed by atoms with Gasteiger partial charge in [0.15, 0.2) is 0 Å². The van der Waals surface area contributed by atoms with E-state index in [1.807, 2.05) is 30.5 Å². The molecule has 1 fully saturated rings. The van der Waals surface area contributed by atoms with E-state index in [2.05, 4.69) is 5.32 Å². The number of amides is 1. The Bertz CT molecular complexity index is 392. The fourth-order valence-electron chi connectivity index (χ4n) is 1.75. The lowest BCUT2D eigenvalue weighted by Crippen LogP contribution is -2.38. The predicted molar refractivity (Wildman–Crippen MR) is 78.5 cm³/mol. The molecule has 1 aliphatic rings. The highest BCUT2D eigenvalue weighted by Gasteiger charge is 2.28. The van der Waals surface area contributed by atoms with Crippen LogP contribution in [0.15, 0.2) is 29.2 Å². The maximum atomic E-state index is 11.8. The molecular formula is C13H19ClN2OS. The van der Waals surface area contributed by atoms with Crippen molar-refractivity contribution in [3.63, 3.8) is 0 Å². The van der Waals surface area contributed by atoms with Crippen molar-refractivity contribution in [2.75, 3.05) is 12.8 Å². The minimum atomic E-state index is -0.0336. The highest BCUT2D eigenvalue weighted by Crippen LogP contribution is 2.31. The summed E-state index contributed by atoms with van der Waals surface area (Å²) >= 11 is 1.67. The second-order valence-corrected chi connectivity index (χ2v) is 5.32. The fraction of sp³-hybridized carbons (Fsp3) is 0.462. The van der Waals surface area contributed by atoms with Crippen LogP contribution in [0.3, 0.4) is 0 Å². The SMILES string of the molecule is CSc1ccc(C(=O)NCC(N)C2CC2)cc1.Cl. The van der Waals surface area contributed by atoms with Crippen LogP contribution >= 0.6 is 24.2 Å². The molecule has 0 radical (unpaired) electrons. The molecule has 1 saturated carbocycles. The van der Waals surface area contributed by atoms with Gasteiger partial charge in [-0.15, -0.1) is 24.2 Å². The van der Waals surface area contributed by atoms with Crippen LogP contribution in [0.4, 0.5) is 0 Å². The number of carbonyl (C=O) groups excluding carboxylic acids is 1. The first-order valence-electron chi connectivity index (χ1n) is 5.88. The molecule has 0 bridgehead atoms. The Hall–Kier alpha value is -0.710. The lowest BCUT2D eigenvalue weighted by Gasteiger charge is -2.11. The van der Waals surface area contributed by atoms with Gasteiger partial charge in [0.05, 0.1) is 0 Å². The maximum absolute atomic E-state index is 11.8. The summed E-state index contributed by atoms with van der Waals surface area (Å²) in [6.45, 7) is 0.577. The van der Waals surface area contributed by atoms with Crippen molar-refractivity contribution in [3.8, 4) is 0 Å². The standard InChI is InChI=1S/C13H18N2OS.ClH/c1-17-11-6-4-10(5-7-11)13(16)15-8-12(14)9-2-3-9;/h4-7,9,12H,2-3,8,14H2,1H3,(H,15,16);1H. The molecule has 1 aromatic rings. The summed E-state index contributed by atoms with van der Waals surface area (Å²) in [5.41, 5.74) is 6.63. The number of carbonyl (C=O) groups is 1. The quantitative estimate of drug-likeness (QED) is 0.817. The summed E-state index contributed by atoms with van der Waals surface area (Å²) in [7, 11) is 0. The van der Waals surface area contributed by atoms with Gasteiger partial charge in [0.25, 0.3) is 5.91 Å². The van der Waals surface area contributed by atoms with Crippen molar-refractivity contribution >= 4 is 30.1 Å². The highest BCUT2D eigenvalue weighted by atomic mass is 35.5. The normalized spacial score (nSPS) is 15.7. The number of thioether (sulfide) groups is 1. The fourth-order valence-corrected chi connectivity index (χ4v) is 2.15. The van der Waals surface area contributed by atoms with Gasteiger partial charge >= 0.3 is 0 Å². The minimum absolute atomic E-state index is 0. The molecule has 3 nitrogen and oxygen atoms in total. The van der Waals surface area contributed by atoms with E-state index >= 15 is 0 Å². The molecule has 1 unspecified atom stereocenters. The number of nitrogens with one attached hydrogen (secondary N) is 1. The van der Waals surface area contributed by atoms with Crippen LogP contribution in [-0.2, 0) is 0 Å². The first kappa shape index (κ1) is 15.3. The Labute approximate surface area is 118 Å². The zero-order valence-corrected chi connectivity index (χ0v) is 12.0. The van der Waals surface area contributed by atoms with Crippen molar-refractivity contribution < 1.29 is 4.79 Å². The zero-order valence-electron chi connectivity index (χ0n) is 10.4. The topological polar surface area (TPSA) is 55.1 Å². The molecule has 2 rings (SSSR count). The molecule has 0 spiro atoms. The molecule has 1 atom stereocenters. The second-order valence-electron chi connectivity index (χ2n) is 4.44. The van der Waals surface area contributed by atoms with Gasteiger partial charge in [-0.2, -0.15) is 0 Å². The van der Waals surface area contributed by atoms with E-state index in [9.17, 15) is 4.79 Å². The van der Waals surface area contributed by atoms with Crippen LogP contribution in [0, 0.1) is 5.92 Å². The van der Waals surface area contributed by atoms with Crippen molar-refractivity contribution in [2.45, 2.75) is 23.8 Å². The first-order chi connectivity index (χ1) is 8.20. The largest absolute Gasteiger partial charge is 0.350 e. The average molecular weight is 287 g/mol. The zero-order chi connectivity index (χ0) is 12.3. The summed E-state index contributed by atoms with van der Waals surface area (Å²) in [5, 5.41) is 2.89. The van der Waals surface area contributed by atoms with Crippen molar-refractivity contribution in [2.24, 2.45) is 11.7 Å². The lowest BCUT2D eigenvalue weighted by molar-refractivity contribution is 0.0950. The Morgan fingerprint density at radius 1 is 1.44 bits per heavy atom. The Kier molecular flexibility index (Phi) is 5.99. The van der Waals surface area contributed by atoms with Gasteiger partial charge in [0.1, 0.15) is 0 Å². The highest BCUT2D eigenvalue weighted by molar-refractivity contribution is 7.98. The molecule has 3 N–H and O–H groups in total. The Morgan fingerprint density at radius 3 is 2.56 bits per heavy atom. The first-order valence-corrected chi connectivity index (χ1v) is 7.11. The Morgan fingerprint density at radius 2 is 2.06 bits per heavy atom. The van der Waals surface area contributed by atoms with E-state index in [1.165, 1.54) is 12.8 Å². The van der Waals surface area contributed by atoms with Crippen molar-refractivity contribution in [3.05, 3.63) is 29.8 Å². The number of halogens is 1. The average Bonchev–Trinajstić information content (AvgIpc) is 3.20. The van der Waals surface area contributed by atoms with Crippen LogP contribution in [0.2, 0.25) is 0 Å². The van der Waals surface area contributed by atoms with Crippen LogP contribution in [-0.4, -0.2) is 24.7 Å². The van der Waals surface area contributed by atoms with E-state index in [0.717, 1.165) is 4.90 Å². The molecule has 0 aromatic heterocycles. The van der Waals surface area contributed by atoms with Gasteiger partial charge in [-0.25, -0.2) is 0 Å². The molecule has 1 aromatic carbocycles. The summed E-state index contributed by atoms with van der Waals surface area (Å²) < 4.78 is 0. The van der Waals surface area contributed by atoms with Crippen molar-refractivity contribution in [1.82, 2.24) is 5.32 Å². The van der Waals surface area contributed by atoms with E-state index in [4.69, 9.17) is 5.73 Å². The second kappa shape index (κ2) is 7.02. The number of hydrogen-bond acceptors (Lipinski definition) is 3. The van der Waals surface area contributed by atoms with Crippen LogP contribution < -0.4 is 11.1 Å². The molecule has 0 saturated heterocycles. The summed E-state index contributed by atoms with van der Waals surface area (Å²) in [5.74, 6) is 0.586. The third-order valence-corrected chi connectivity index (χ3v) is 3.82. The minimum Gasteiger partial charge on any atom is -0.350 e. The number of nitrogens with two attached hydrogens (primary N) is 1. The molecule has 5 heteroatoms. The van der Waals surface area contributed by atoms with Crippen molar-refractivity contribution in [1.29, 1.82) is 0 Å². The van der Waals surface area contributed by atoms with Crippen LogP contribution in [0.1, 0.15) is 23.2 Å². The van der Waals surface area contributed by atoms with Crippen LogP contribution in [0.25, 0.3) is 0 Å². The van der Waals surface area contributed by atoms with Gasteiger partial charge in [-0.05, 0) is 49.3 Å². The summed E-state index contributed by atoms with van der Waals surface area (Å²) in [4.78, 5) is 13.0. The maximum Gasteiger partial charge on any atom is 0.251 e. The number of benzene rings is 1. The number of hydrogen-bond donors (Lipinski definition) is 2. The predicted octanol–water partition coefficient (Wildman–Crippen LogP) is 2.30. The van der Waals surface area contributed by atoms with E-state index in [1.54, 1.807) is 11.8 Å². The number of rotatable bonds is 5. The molecule has 1 aliphatic carbocycles. The molecule has 1 amide bonds. The van der Waals surface area contributed by atoms with Crippen LogP contribution in [0.5, 0.6) is 0 Å². The summed E-state index contributed by atoms with van der Waals surface area (Å²) in [6.07, 6.45) is 4.43. The monoisotopic (exact) mass is 286 g/mol. The molecule has 18 heavy (non-hydrogen) atoms. The lowest BCUT2D eigenvalue weighted by atomic mass is 10.2. The molecule has 0 heterocycles. The molecular weight excluding hydrogens is 268 g/mol. The molecule has 100 valence electrons. The van der Waals surface area contributed by atoms with Gasteiger partial charge in [-0.3, -0.25) is 4.79 Å². The van der Waals surface area contributed by atoms with Gasteiger partial charge < -0.3 is 11.1 Å². The molecule has 0 aliphatic heterocycles. The van der Waals surface area contributed by atoms with E-state index in [0.29, 0.717) is 18.0 Å². The smallest absolute Gasteiger partial charge is 0.251 e. The summed E-state index contributed by atoms with van der Waals surface area (Å²) in [6, 6.07) is 7.73. The van der Waals surface area contributed by atoms with E-state index < -0.39 is 0 Å². The van der Waals surface area contributed by atoms with Gasteiger partial charge in [0.2, 0.25) is 0 Å². The van der Waals surface area contributed by atoms with E-state index in [-0.39, 0.29) is 24.4 Å². The Balaban J connectivity index is 0.00000162. The third-order valence-electron chi connectivity index (χ3n) is 3.08. The third kappa shape index (κ3) is 4.19.